The molecule has 5 heteroatoms. The molecule has 0 radical (unpaired) electrons. The van der Waals surface area contributed by atoms with E-state index < -0.39 is 10.2 Å². The van der Waals surface area contributed by atoms with Gasteiger partial charge < -0.3 is 0 Å². The van der Waals surface area contributed by atoms with Gasteiger partial charge in [0.2, 0.25) is 0 Å². The SMILES string of the molecule is CC(C)(C)c1cc(S(=O)(=O)F)ccc1Cl. The minimum absolute atomic E-state index is 0.322. The zero-order chi connectivity index (χ0) is 11.9. The van der Waals surface area contributed by atoms with Gasteiger partial charge in [-0.15, -0.1) is 3.89 Å². The molecule has 84 valence electrons. The van der Waals surface area contributed by atoms with E-state index in [1.165, 1.54) is 12.1 Å². The van der Waals surface area contributed by atoms with Crippen LogP contribution in [0.1, 0.15) is 26.3 Å². The first-order valence-electron chi connectivity index (χ1n) is 4.37. The summed E-state index contributed by atoms with van der Waals surface area (Å²) >= 11 is 5.91. The Morgan fingerprint density at radius 1 is 1.27 bits per heavy atom. The largest absolute Gasteiger partial charge is 0.332 e. The zero-order valence-electron chi connectivity index (χ0n) is 8.71. The zero-order valence-corrected chi connectivity index (χ0v) is 10.3. The Kier molecular flexibility index (Phi) is 3.12. The van der Waals surface area contributed by atoms with Crippen LogP contribution < -0.4 is 0 Å². The van der Waals surface area contributed by atoms with Crippen LogP contribution in [0, 0.1) is 0 Å². The van der Waals surface area contributed by atoms with Gasteiger partial charge in [-0.2, -0.15) is 8.42 Å². The van der Waals surface area contributed by atoms with Crippen LogP contribution in [0.25, 0.3) is 0 Å². The summed E-state index contributed by atoms with van der Waals surface area (Å²) < 4.78 is 34.2. The Hall–Kier alpha value is -0.610. The van der Waals surface area contributed by atoms with Crippen LogP contribution in [-0.4, -0.2) is 8.42 Å². The molecule has 0 saturated heterocycles. The molecule has 0 unspecified atom stereocenters. The van der Waals surface area contributed by atoms with E-state index in [1.54, 1.807) is 0 Å². The van der Waals surface area contributed by atoms with E-state index in [4.69, 9.17) is 11.6 Å². The highest BCUT2D eigenvalue weighted by Gasteiger charge is 2.21. The molecule has 1 rings (SSSR count). The molecule has 0 aliphatic heterocycles. The van der Waals surface area contributed by atoms with Crippen LogP contribution in [0.15, 0.2) is 23.1 Å². The average molecular weight is 251 g/mol. The standard InChI is InChI=1S/C10H12ClFO2S/c1-10(2,3)8-6-7(15(12,13)14)4-5-9(8)11/h4-6H,1-3H3. The van der Waals surface area contributed by atoms with E-state index in [9.17, 15) is 12.3 Å². The van der Waals surface area contributed by atoms with Gasteiger partial charge in [-0.05, 0) is 29.2 Å². The summed E-state index contributed by atoms with van der Waals surface area (Å²) in [6.45, 7) is 5.63. The molecule has 0 heterocycles. The van der Waals surface area contributed by atoms with Crippen molar-refractivity contribution in [2.45, 2.75) is 31.1 Å². The molecular formula is C10H12ClFO2S. The Labute approximate surface area is 94.3 Å². The molecule has 0 fully saturated rings. The summed E-state index contributed by atoms with van der Waals surface area (Å²) in [5.41, 5.74) is 0.292. The normalized spacial score (nSPS) is 12.9. The quantitative estimate of drug-likeness (QED) is 0.717. The maximum absolute atomic E-state index is 12.8. The van der Waals surface area contributed by atoms with Crippen molar-refractivity contribution in [2.75, 3.05) is 0 Å². The third kappa shape index (κ3) is 2.92. The summed E-state index contributed by atoms with van der Waals surface area (Å²) in [4.78, 5) is -0.350. The fourth-order valence-corrected chi connectivity index (χ4v) is 2.12. The summed E-state index contributed by atoms with van der Waals surface area (Å²) in [5, 5.41) is 0.440. The first kappa shape index (κ1) is 12.5. The Balaban J connectivity index is 3.43. The Bertz CT molecular complexity index is 475. The third-order valence-corrected chi connectivity index (χ3v) is 3.17. The van der Waals surface area contributed by atoms with Gasteiger partial charge in [-0.3, -0.25) is 0 Å². The fraction of sp³-hybridized carbons (Fsp3) is 0.400. The van der Waals surface area contributed by atoms with Crippen molar-refractivity contribution in [2.24, 2.45) is 0 Å². The van der Waals surface area contributed by atoms with Crippen LogP contribution in [-0.2, 0) is 15.6 Å². The molecule has 0 aromatic heterocycles. The van der Waals surface area contributed by atoms with Crippen molar-refractivity contribution < 1.29 is 12.3 Å². The van der Waals surface area contributed by atoms with Crippen molar-refractivity contribution in [1.82, 2.24) is 0 Å². The van der Waals surface area contributed by atoms with Gasteiger partial charge in [0.25, 0.3) is 0 Å². The second kappa shape index (κ2) is 3.76. The van der Waals surface area contributed by atoms with Gasteiger partial charge in [-0.1, -0.05) is 32.4 Å². The first-order valence-corrected chi connectivity index (χ1v) is 6.13. The van der Waals surface area contributed by atoms with Crippen LogP contribution in [0.4, 0.5) is 3.89 Å². The van der Waals surface area contributed by atoms with Crippen LogP contribution in [0.2, 0.25) is 5.02 Å². The number of hydrogen-bond donors (Lipinski definition) is 0. The highest BCUT2D eigenvalue weighted by Crippen LogP contribution is 2.31. The Morgan fingerprint density at radius 3 is 2.20 bits per heavy atom. The number of benzene rings is 1. The molecule has 0 aliphatic rings. The maximum Gasteiger partial charge on any atom is 0.332 e. The molecular weight excluding hydrogens is 239 g/mol. The average Bonchev–Trinajstić information content (AvgIpc) is 2.00. The molecule has 0 bridgehead atoms. The lowest BCUT2D eigenvalue weighted by atomic mass is 9.87. The molecule has 0 saturated carbocycles. The molecule has 1 aromatic carbocycles. The smallest absolute Gasteiger partial charge is 0.189 e. The lowest BCUT2D eigenvalue weighted by Gasteiger charge is -2.20. The minimum atomic E-state index is -4.66. The van der Waals surface area contributed by atoms with E-state index in [0.717, 1.165) is 6.07 Å². The maximum atomic E-state index is 12.8. The molecule has 0 atom stereocenters. The molecule has 0 amide bonds. The number of halogens is 2. The van der Waals surface area contributed by atoms with E-state index in [0.29, 0.717) is 10.6 Å². The molecule has 0 N–H and O–H groups in total. The second-order valence-electron chi connectivity index (χ2n) is 4.33. The summed E-state index contributed by atoms with van der Waals surface area (Å²) in [6.07, 6.45) is 0. The molecule has 0 aliphatic carbocycles. The summed E-state index contributed by atoms with van der Waals surface area (Å²) in [7, 11) is -4.66. The van der Waals surface area contributed by atoms with Crippen molar-refractivity contribution in [3.8, 4) is 0 Å². The topological polar surface area (TPSA) is 34.1 Å². The minimum Gasteiger partial charge on any atom is -0.189 e. The van der Waals surface area contributed by atoms with Crippen LogP contribution >= 0.6 is 11.6 Å². The lowest BCUT2D eigenvalue weighted by molar-refractivity contribution is 0.550. The monoisotopic (exact) mass is 250 g/mol. The molecule has 15 heavy (non-hydrogen) atoms. The van der Waals surface area contributed by atoms with E-state index in [-0.39, 0.29) is 10.3 Å². The van der Waals surface area contributed by atoms with E-state index >= 15 is 0 Å². The summed E-state index contributed by atoms with van der Waals surface area (Å²) in [6, 6.07) is 3.83. The number of rotatable bonds is 1. The second-order valence-corrected chi connectivity index (χ2v) is 6.08. The fourth-order valence-electron chi connectivity index (χ4n) is 1.23. The van der Waals surface area contributed by atoms with Crippen LogP contribution in [0.5, 0.6) is 0 Å². The Morgan fingerprint density at radius 2 is 1.80 bits per heavy atom. The molecule has 2 nitrogen and oxygen atoms in total. The van der Waals surface area contributed by atoms with Gasteiger partial charge in [-0.25, -0.2) is 0 Å². The van der Waals surface area contributed by atoms with Crippen LogP contribution in [0.3, 0.4) is 0 Å². The molecule has 0 spiro atoms. The third-order valence-electron chi connectivity index (χ3n) is 2.03. The van der Waals surface area contributed by atoms with Gasteiger partial charge in [0, 0.05) is 5.02 Å². The van der Waals surface area contributed by atoms with Gasteiger partial charge >= 0.3 is 10.2 Å². The van der Waals surface area contributed by atoms with Crippen molar-refractivity contribution in [1.29, 1.82) is 0 Å². The van der Waals surface area contributed by atoms with Crippen molar-refractivity contribution in [3.05, 3.63) is 28.8 Å². The van der Waals surface area contributed by atoms with Gasteiger partial charge in [0.05, 0.1) is 4.90 Å². The van der Waals surface area contributed by atoms with E-state index in [2.05, 4.69) is 0 Å². The van der Waals surface area contributed by atoms with E-state index in [1.807, 2.05) is 20.8 Å². The predicted molar refractivity (Wildman–Crippen MR) is 58.4 cm³/mol. The predicted octanol–water partition coefficient (Wildman–Crippen LogP) is 3.30. The first-order chi connectivity index (χ1) is 6.62. The van der Waals surface area contributed by atoms with Gasteiger partial charge in [0.1, 0.15) is 0 Å². The highest BCUT2D eigenvalue weighted by atomic mass is 35.5. The van der Waals surface area contributed by atoms with Gasteiger partial charge in [0.15, 0.2) is 0 Å². The number of hydrogen-bond acceptors (Lipinski definition) is 2. The molecule has 1 aromatic rings. The lowest BCUT2D eigenvalue weighted by Crippen LogP contribution is -2.12. The van der Waals surface area contributed by atoms with Crippen molar-refractivity contribution in [3.63, 3.8) is 0 Å². The van der Waals surface area contributed by atoms with Crippen molar-refractivity contribution >= 4 is 21.8 Å². The highest BCUT2D eigenvalue weighted by molar-refractivity contribution is 7.86. The summed E-state index contributed by atoms with van der Waals surface area (Å²) in [5.74, 6) is 0.